The summed E-state index contributed by atoms with van der Waals surface area (Å²) in [6.07, 6.45) is -4.78. The largest absolute Gasteiger partial charge is 0.490 e. The van der Waals surface area contributed by atoms with E-state index in [1.807, 2.05) is 0 Å². The Balaban J connectivity index is 0.000000423. The number of ether oxygens (including phenoxy) is 2. The van der Waals surface area contributed by atoms with Gasteiger partial charge in [-0.3, -0.25) is 9.69 Å². The van der Waals surface area contributed by atoms with Crippen LogP contribution in [0.25, 0.3) is 0 Å². The molecule has 31 heavy (non-hydrogen) atoms. The summed E-state index contributed by atoms with van der Waals surface area (Å²) in [5, 5.41) is 10.1. The van der Waals surface area contributed by atoms with Gasteiger partial charge in [0.2, 0.25) is 5.91 Å². The first kappa shape index (κ1) is 25.1. The Kier molecular flexibility index (Phi) is 8.84. The van der Waals surface area contributed by atoms with Crippen molar-refractivity contribution in [2.75, 3.05) is 40.0 Å². The summed E-state index contributed by atoms with van der Waals surface area (Å²) in [6, 6.07) is 6.65. The zero-order valence-corrected chi connectivity index (χ0v) is 17.9. The van der Waals surface area contributed by atoms with Gasteiger partial charge in [0.05, 0.1) is 12.7 Å². The second-order valence-corrected chi connectivity index (χ2v) is 7.96. The average Bonchev–Trinajstić information content (AvgIpc) is 3.23. The van der Waals surface area contributed by atoms with Gasteiger partial charge in [-0.2, -0.15) is 13.2 Å². The average molecular weight is 446 g/mol. The van der Waals surface area contributed by atoms with Gasteiger partial charge < -0.3 is 19.9 Å². The van der Waals surface area contributed by atoms with E-state index in [1.54, 1.807) is 0 Å². The number of hydrogen-bond donors (Lipinski definition) is 2. The first-order valence-electron chi connectivity index (χ1n) is 9.97. The number of nitrogens with one attached hydrogen (secondary N) is 1. The third-order valence-electron chi connectivity index (χ3n) is 5.49. The molecule has 2 saturated heterocycles. The van der Waals surface area contributed by atoms with E-state index in [0.29, 0.717) is 24.5 Å². The lowest BCUT2D eigenvalue weighted by molar-refractivity contribution is -0.192. The molecule has 0 unspecified atom stereocenters. The molecule has 10 heteroatoms. The molecule has 2 aliphatic heterocycles. The smallest absolute Gasteiger partial charge is 0.475 e. The lowest BCUT2D eigenvalue weighted by atomic mass is 9.93. The Hall–Kier alpha value is -2.17. The molecule has 2 aliphatic rings. The van der Waals surface area contributed by atoms with Crippen LogP contribution in [0.15, 0.2) is 18.2 Å². The molecule has 0 bridgehead atoms. The summed E-state index contributed by atoms with van der Waals surface area (Å²) >= 11 is 0. The van der Waals surface area contributed by atoms with Gasteiger partial charge in [-0.15, -0.1) is 0 Å². The van der Waals surface area contributed by atoms with Crippen LogP contribution in [-0.2, 0) is 25.6 Å². The molecule has 2 heterocycles. The SMILES string of the molecule is COCC(=O)NC[C@@H]1CO[C@@H]2CN(Cc3cc(C)ccc3C)C[C@H]12.O=C(O)C(F)(F)F. The lowest BCUT2D eigenvalue weighted by Crippen LogP contribution is -2.35. The molecule has 3 atom stereocenters. The zero-order valence-electron chi connectivity index (χ0n) is 17.9. The molecule has 0 aliphatic carbocycles. The number of carboxylic acid groups (broad SMARTS) is 1. The van der Waals surface area contributed by atoms with Crippen molar-refractivity contribution in [2.45, 2.75) is 32.7 Å². The second kappa shape index (κ2) is 10.9. The minimum Gasteiger partial charge on any atom is -0.475 e. The van der Waals surface area contributed by atoms with E-state index in [4.69, 9.17) is 19.4 Å². The van der Waals surface area contributed by atoms with Crippen molar-refractivity contribution in [3.63, 3.8) is 0 Å². The molecule has 2 N–H and O–H groups in total. The predicted octanol–water partition coefficient (Wildman–Crippen LogP) is 2.15. The van der Waals surface area contributed by atoms with Crippen LogP contribution in [-0.4, -0.2) is 74.1 Å². The Morgan fingerprint density at radius 1 is 1.29 bits per heavy atom. The lowest BCUT2D eigenvalue weighted by Gasteiger charge is -2.21. The molecule has 1 aromatic rings. The first-order valence-corrected chi connectivity index (χ1v) is 9.97. The number of alkyl halides is 3. The number of aryl methyl sites for hydroxylation is 2. The monoisotopic (exact) mass is 446 g/mol. The molecule has 7 nitrogen and oxygen atoms in total. The van der Waals surface area contributed by atoms with Crippen molar-refractivity contribution in [3.8, 4) is 0 Å². The van der Waals surface area contributed by atoms with Crippen molar-refractivity contribution in [1.29, 1.82) is 0 Å². The van der Waals surface area contributed by atoms with Gasteiger partial charge in [0, 0.05) is 45.1 Å². The highest BCUT2D eigenvalue weighted by Gasteiger charge is 2.43. The molecule has 1 amide bonds. The number of methoxy groups -OCH3 is 1. The number of carboxylic acids is 1. The van der Waals surface area contributed by atoms with Gasteiger partial charge in [0.15, 0.2) is 0 Å². The van der Waals surface area contributed by atoms with Crippen LogP contribution in [0.5, 0.6) is 0 Å². The highest BCUT2D eigenvalue weighted by molar-refractivity contribution is 5.77. The molecule has 2 fully saturated rings. The van der Waals surface area contributed by atoms with Crippen LogP contribution >= 0.6 is 0 Å². The Bertz CT molecular complexity index is 772. The zero-order chi connectivity index (χ0) is 23.2. The summed E-state index contributed by atoms with van der Waals surface area (Å²) in [5.41, 5.74) is 4.06. The van der Waals surface area contributed by atoms with Crippen LogP contribution in [0, 0.1) is 25.7 Å². The van der Waals surface area contributed by atoms with Gasteiger partial charge in [-0.25, -0.2) is 4.79 Å². The van der Waals surface area contributed by atoms with E-state index in [-0.39, 0.29) is 12.5 Å². The highest BCUT2D eigenvalue weighted by Crippen LogP contribution is 2.34. The van der Waals surface area contributed by atoms with Crippen molar-refractivity contribution in [1.82, 2.24) is 10.2 Å². The summed E-state index contributed by atoms with van der Waals surface area (Å²) in [5.74, 6) is -1.89. The Labute approximate surface area is 179 Å². The van der Waals surface area contributed by atoms with Gasteiger partial charge >= 0.3 is 12.1 Å². The number of nitrogens with zero attached hydrogens (tertiary/aromatic N) is 1. The maximum Gasteiger partial charge on any atom is 0.490 e. The highest BCUT2D eigenvalue weighted by atomic mass is 19.4. The third-order valence-corrected chi connectivity index (χ3v) is 5.49. The second-order valence-electron chi connectivity index (χ2n) is 7.96. The number of fused-ring (bicyclic) bond motifs is 1. The normalized spacial score (nSPS) is 23.1. The standard InChI is InChI=1S/C19H28N2O3.C2HF3O2/c1-13-4-5-14(2)15(6-13)8-21-9-17-16(11-24-18(17)10-21)7-20-19(22)12-23-3;3-2(4,5)1(6)7/h4-6,16-18H,7-12H2,1-3H3,(H,20,22);(H,6,7)/t16-,17-,18-;/m1./s1. The van der Waals surface area contributed by atoms with Crippen LogP contribution in [0.2, 0.25) is 0 Å². The van der Waals surface area contributed by atoms with Crippen molar-refractivity contribution < 1.29 is 37.3 Å². The van der Waals surface area contributed by atoms with Crippen LogP contribution in [0.1, 0.15) is 16.7 Å². The molecular formula is C21H29F3N2O5. The van der Waals surface area contributed by atoms with Gasteiger partial charge in [-0.1, -0.05) is 23.8 Å². The maximum absolute atomic E-state index is 11.6. The quantitative estimate of drug-likeness (QED) is 0.696. The van der Waals surface area contributed by atoms with Crippen molar-refractivity contribution in [3.05, 3.63) is 34.9 Å². The van der Waals surface area contributed by atoms with Gasteiger partial charge in [-0.05, 0) is 25.0 Å². The first-order chi connectivity index (χ1) is 14.5. The molecule has 0 spiro atoms. The number of amides is 1. The summed E-state index contributed by atoms with van der Waals surface area (Å²) in [4.78, 5) is 23.0. The van der Waals surface area contributed by atoms with Crippen molar-refractivity contribution in [2.24, 2.45) is 11.8 Å². The maximum atomic E-state index is 11.6. The minimum atomic E-state index is -5.08. The minimum absolute atomic E-state index is 0.0498. The topological polar surface area (TPSA) is 88.1 Å². The fourth-order valence-corrected chi connectivity index (χ4v) is 3.86. The number of rotatable bonds is 6. The summed E-state index contributed by atoms with van der Waals surface area (Å²) in [7, 11) is 1.54. The van der Waals surface area contributed by atoms with E-state index in [0.717, 1.165) is 26.2 Å². The summed E-state index contributed by atoms with van der Waals surface area (Å²) in [6.45, 7) is 8.89. The van der Waals surface area contributed by atoms with Gasteiger partial charge in [0.1, 0.15) is 6.61 Å². The van der Waals surface area contributed by atoms with Crippen LogP contribution in [0.4, 0.5) is 13.2 Å². The van der Waals surface area contributed by atoms with Crippen molar-refractivity contribution >= 4 is 11.9 Å². The molecule has 1 aromatic carbocycles. The van der Waals surface area contributed by atoms with Crippen LogP contribution < -0.4 is 5.32 Å². The number of aliphatic carboxylic acids is 1. The molecule has 0 radical (unpaired) electrons. The summed E-state index contributed by atoms with van der Waals surface area (Å²) < 4.78 is 42.6. The molecule has 3 rings (SSSR count). The number of halogens is 3. The number of carbonyl (C=O) groups excluding carboxylic acids is 1. The number of carbonyl (C=O) groups is 2. The number of benzene rings is 1. The number of likely N-dealkylation sites (tertiary alicyclic amines) is 1. The fraction of sp³-hybridized carbons (Fsp3) is 0.619. The Morgan fingerprint density at radius 2 is 1.97 bits per heavy atom. The molecular weight excluding hydrogens is 417 g/mol. The third kappa shape index (κ3) is 7.48. The number of hydrogen-bond acceptors (Lipinski definition) is 5. The van der Waals surface area contributed by atoms with Crippen LogP contribution in [0.3, 0.4) is 0 Å². The molecule has 0 saturated carbocycles. The Morgan fingerprint density at radius 3 is 2.58 bits per heavy atom. The van der Waals surface area contributed by atoms with E-state index >= 15 is 0 Å². The predicted molar refractivity (Wildman–Crippen MR) is 106 cm³/mol. The van der Waals surface area contributed by atoms with E-state index in [2.05, 4.69) is 42.3 Å². The van der Waals surface area contributed by atoms with Gasteiger partial charge in [0.25, 0.3) is 0 Å². The molecule has 174 valence electrons. The van der Waals surface area contributed by atoms with E-state index in [9.17, 15) is 18.0 Å². The fourth-order valence-electron chi connectivity index (χ4n) is 3.86. The van der Waals surface area contributed by atoms with E-state index in [1.165, 1.54) is 23.8 Å². The van der Waals surface area contributed by atoms with E-state index < -0.39 is 12.1 Å². The molecule has 0 aromatic heterocycles.